The lowest BCUT2D eigenvalue weighted by molar-refractivity contribution is -0.120. The van der Waals surface area contributed by atoms with Crippen LogP contribution in [0, 0.1) is 5.92 Å². The number of thioether (sulfide) groups is 1. The van der Waals surface area contributed by atoms with Crippen LogP contribution in [0.25, 0.3) is 0 Å². The number of alkyl halides is 1. The van der Waals surface area contributed by atoms with Crippen molar-refractivity contribution in [3.05, 3.63) is 0 Å². The lowest BCUT2D eigenvalue weighted by Gasteiger charge is -2.28. The maximum Gasteiger partial charge on any atom is 0.233 e. The Labute approximate surface area is 113 Å². The third-order valence-corrected chi connectivity index (χ3v) is 5.78. The van der Waals surface area contributed by atoms with Gasteiger partial charge in [0, 0.05) is 11.9 Å². The number of halogens is 1. The summed E-state index contributed by atoms with van der Waals surface area (Å²) in [5.74, 6) is 1.87. The molecule has 1 saturated carbocycles. The summed E-state index contributed by atoms with van der Waals surface area (Å²) >= 11 is 8.11. The fourth-order valence-electron chi connectivity index (χ4n) is 2.69. The monoisotopic (exact) mass is 275 g/mol. The number of carbonyl (C=O) groups excluding carboxylic acids is 1. The summed E-state index contributed by atoms with van der Waals surface area (Å²) in [5.41, 5.74) is 0. The highest BCUT2D eigenvalue weighted by Gasteiger charge is 2.26. The maximum atomic E-state index is 12.0. The zero-order chi connectivity index (χ0) is 12.1. The molecule has 1 amide bonds. The van der Waals surface area contributed by atoms with Gasteiger partial charge >= 0.3 is 0 Å². The van der Waals surface area contributed by atoms with E-state index in [-0.39, 0.29) is 16.5 Å². The Morgan fingerprint density at radius 3 is 2.65 bits per heavy atom. The van der Waals surface area contributed by atoms with Crippen LogP contribution in [0.2, 0.25) is 0 Å². The number of hydrogen-bond donors (Lipinski definition) is 1. The number of nitrogens with one attached hydrogen (secondary N) is 1. The molecule has 3 atom stereocenters. The van der Waals surface area contributed by atoms with Gasteiger partial charge in [0.2, 0.25) is 5.91 Å². The van der Waals surface area contributed by atoms with Gasteiger partial charge in [0.1, 0.15) is 0 Å². The van der Waals surface area contributed by atoms with Crippen LogP contribution in [0.3, 0.4) is 0 Å². The lowest BCUT2D eigenvalue weighted by atomic mass is 9.88. The molecule has 1 heterocycles. The quantitative estimate of drug-likeness (QED) is 0.802. The standard InChI is InChI=1S/C13H22ClNOS/c14-11-6-2-1-5-10(11)9-15-13(16)12-7-3-4-8-17-12/h10-12H,1-9H2,(H,15,16). The topological polar surface area (TPSA) is 29.1 Å². The molecule has 0 radical (unpaired) electrons. The van der Waals surface area contributed by atoms with Crippen molar-refractivity contribution < 1.29 is 4.79 Å². The van der Waals surface area contributed by atoms with Gasteiger partial charge in [-0.2, -0.15) is 0 Å². The van der Waals surface area contributed by atoms with Crippen LogP contribution in [0.1, 0.15) is 44.9 Å². The Balaban J connectivity index is 1.71. The largest absolute Gasteiger partial charge is 0.355 e. The molecule has 2 nitrogen and oxygen atoms in total. The normalized spacial score (nSPS) is 34.3. The summed E-state index contributed by atoms with van der Waals surface area (Å²) < 4.78 is 0. The maximum absolute atomic E-state index is 12.0. The third-order valence-electron chi connectivity index (χ3n) is 3.83. The highest BCUT2D eigenvalue weighted by Crippen LogP contribution is 2.29. The van der Waals surface area contributed by atoms with Gasteiger partial charge in [-0.15, -0.1) is 23.4 Å². The highest BCUT2D eigenvalue weighted by molar-refractivity contribution is 8.00. The van der Waals surface area contributed by atoms with E-state index in [0.29, 0.717) is 5.92 Å². The van der Waals surface area contributed by atoms with Gasteiger partial charge in [-0.1, -0.05) is 19.3 Å². The van der Waals surface area contributed by atoms with E-state index in [2.05, 4.69) is 5.32 Å². The van der Waals surface area contributed by atoms with Crippen molar-refractivity contribution in [2.24, 2.45) is 5.92 Å². The number of carbonyl (C=O) groups is 1. The molecule has 98 valence electrons. The van der Waals surface area contributed by atoms with Gasteiger partial charge < -0.3 is 5.32 Å². The Morgan fingerprint density at radius 1 is 1.18 bits per heavy atom. The van der Waals surface area contributed by atoms with E-state index in [0.717, 1.165) is 25.1 Å². The average Bonchev–Trinajstić information content (AvgIpc) is 2.38. The van der Waals surface area contributed by atoms with Gasteiger partial charge in [0.05, 0.1) is 5.25 Å². The first-order valence-electron chi connectivity index (χ1n) is 6.81. The minimum atomic E-state index is 0.195. The molecule has 0 aromatic carbocycles. The molecule has 17 heavy (non-hydrogen) atoms. The summed E-state index contributed by atoms with van der Waals surface area (Å²) in [6.45, 7) is 0.782. The van der Waals surface area contributed by atoms with Crippen LogP contribution >= 0.6 is 23.4 Å². The van der Waals surface area contributed by atoms with Crippen molar-refractivity contribution >= 4 is 29.3 Å². The molecule has 0 bridgehead atoms. The van der Waals surface area contributed by atoms with Gasteiger partial charge in [-0.05, 0) is 37.4 Å². The predicted octanol–water partition coefficient (Wildman–Crippen LogP) is 3.19. The molecule has 3 unspecified atom stereocenters. The van der Waals surface area contributed by atoms with Crippen LogP contribution in [-0.2, 0) is 4.79 Å². The summed E-state index contributed by atoms with van der Waals surface area (Å²) in [4.78, 5) is 12.0. The third kappa shape index (κ3) is 4.06. The lowest BCUT2D eigenvalue weighted by Crippen LogP contribution is -2.39. The molecular weight excluding hydrogens is 254 g/mol. The number of amides is 1. The Bertz CT molecular complexity index is 256. The summed E-state index contributed by atoms with van der Waals surface area (Å²) in [7, 11) is 0. The molecule has 0 aromatic rings. The number of hydrogen-bond acceptors (Lipinski definition) is 2. The van der Waals surface area contributed by atoms with Gasteiger partial charge in [0.25, 0.3) is 0 Å². The molecule has 4 heteroatoms. The minimum absolute atomic E-state index is 0.195. The zero-order valence-electron chi connectivity index (χ0n) is 10.3. The van der Waals surface area contributed by atoms with Crippen molar-refractivity contribution in [1.29, 1.82) is 0 Å². The van der Waals surface area contributed by atoms with Gasteiger partial charge in [0.15, 0.2) is 0 Å². The van der Waals surface area contributed by atoms with Crippen LogP contribution in [-0.4, -0.2) is 28.8 Å². The Kier molecular flexibility index (Phi) is 5.49. The first-order valence-corrected chi connectivity index (χ1v) is 8.29. The fraction of sp³-hybridized carbons (Fsp3) is 0.923. The van der Waals surface area contributed by atoms with Crippen molar-refractivity contribution in [2.45, 2.75) is 55.6 Å². The SMILES string of the molecule is O=C(NCC1CCCCC1Cl)C1CCCCS1. The highest BCUT2D eigenvalue weighted by atomic mass is 35.5. The molecular formula is C13H22ClNOS. The molecule has 2 aliphatic rings. The molecule has 2 rings (SSSR count). The van der Waals surface area contributed by atoms with E-state index in [1.807, 2.05) is 11.8 Å². The number of rotatable bonds is 3. The molecule has 0 spiro atoms. The van der Waals surface area contributed by atoms with Crippen LogP contribution < -0.4 is 5.32 Å². The van der Waals surface area contributed by atoms with E-state index < -0.39 is 0 Å². The second-order valence-corrected chi connectivity index (χ2v) is 7.03. The van der Waals surface area contributed by atoms with Crippen molar-refractivity contribution in [3.8, 4) is 0 Å². The van der Waals surface area contributed by atoms with Crippen molar-refractivity contribution in [1.82, 2.24) is 5.32 Å². The molecule has 1 aliphatic carbocycles. The summed E-state index contributed by atoms with van der Waals surface area (Å²) in [5, 5.41) is 3.57. The first-order chi connectivity index (χ1) is 8.27. The molecule has 1 saturated heterocycles. The minimum Gasteiger partial charge on any atom is -0.355 e. The van der Waals surface area contributed by atoms with Crippen LogP contribution in [0.4, 0.5) is 0 Å². The molecule has 2 fully saturated rings. The van der Waals surface area contributed by atoms with E-state index in [4.69, 9.17) is 11.6 Å². The van der Waals surface area contributed by atoms with Gasteiger partial charge in [-0.3, -0.25) is 4.79 Å². The van der Waals surface area contributed by atoms with Gasteiger partial charge in [-0.25, -0.2) is 0 Å². The predicted molar refractivity (Wildman–Crippen MR) is 74.7 cm³/mol. The van der Waals surface area contributed by atoms with Crippen molar-refractivity contribution in [2.75, 3.05) is 12.3 Å². The van der Waals surface area contributed by atoms with E-state index in [1.54, 1.807) is 0 Å². The first kappa shape index (κ1) is 13.5. The van der Waals surface area contributed by atoms with E-state index >= 15 is 0 Å². The molecule has 1 aliphatic heterocycles. The smallest absolute Gasteiger partial charge is 0.233 e. The molecule has 1 N–H and O–H groups in total. The summed E-state index contributed by atoms with van der Waals surface area (Å²) in [6.07, 6.45) is 8.31. The van der Waals surface area contributed by atoms with E-state index in [1.165, 1.54) is 32.1 Å². The Hall–Kier alpha value is 0.110. The summed E-state index contributed by atoms with van der Waals surface area (Å²) in [6, 6.07) is 0. The Morgan fingerprint density at radius 2 is 1.94 bits per heavy atom. The van der Waals surface area contributed by atoms with E-state index in [9.17, 15) is 4.79 Å². The zero-order valence-corrected chi connectivity index (χ0v) is 11.9. The average molecular weight is 276 g/mol. The fourth-order valence-corrected chi connectivity index (χ4v) is 4.28. The van der Waals surface area contributed by atoms with Crippen LogP contribution in [0.5, 0.6) is 0 Å². The van der Waals surface area contributed by atoms with Crippen LogP contribution in [0.15, 0.2) is 0 Å². The molecule has 0 aromatic heterocycles. The van der Waals surface area contributed by atoms with Crippen molar-refractivity contribution in [3.63, 3.8) is 0 Å². The second-order valence-electron chi connectivity index (χ2n) is 5.16. The second kappa shape index (κ2) is 6.89.